The molecule has 151 valence electrons. The maximum absolute atomic E-state index is 4.26. The van der Waals surface area contributed by atoms with Crippen molar-refractivity contribution < 1.29 is 14.6 Å². The summed E-state index contributed by atoms with van der Waals surface area (Å²) in [6, 6.07) is 10.9. The van der Waals surface area contributed by atoms with Crippen molar-refractivity contribution in [3.8, 4) is 0 Å². The number of benzene rings is 1. The molecule has 0 nitrogen and oxygen atoms in total. The van der Waals surface area contributed by atoms with Gasteiger partial charge in [-0.25, -0.2) is 0 Å². The Labute approximate surface area is 173 Å². The Morgan fingerprint density at radius 3 is 1.36 bits per heavy atom. The van der Waals surface area contributed by atoms with Crippen LogP contribution in [-0.4, -0.2) is 37.0 Å². The van der Waals surface area contributed by atoms with Crippen molar-refractivity contribution in [1.82, 2.24) is 0 Å². The molecule has 1 rings (SSSR count). The molecule has 4 heteroatoms. The van der Waals surface area contributed by atoms with Crippen LogP contribution in [0.1, 0.15) is 54.0 Å². The third-order valence-electron chi connectivity index (χ3n) is 4.17. The molecule has 0 spiro atoms. The minimum atomic E-state index is 0.137. The minimum absolute atomic E-state index is 0.137. The normalized spacial score (nSPS) is 9.28. The first-order valence-electron chi connectivity index (χ1n) is 9.41. The van der Waals surface area contributed by atoms with E-state index in [1.807, 2.05) is 31.2 Å². The monoisotopic (exact) mass is 448 g/mol. The van der Waals surface area contributed by atoms with Crippen molar-refractivity contribution in [1.29, 1.82) is 0 Å². The molecular formula is C21H41ClNiP2+. The summed E-state index contributed by atoms with van der Waals surface area (Å²) in [6.07, 6.45) is 8.74. The molecule has 0 aromatic heterocycles. The van der Waals surface area contributed by atoms with E-state index in [0.717, 1.165) is 11.1 Å². The predicted molar refractivity (Wildman–Crippen MR) is 126 cm³/mol. The second kappa shape index (κ2) is 24.6. The topological polar surface area (TPSA) is 0 Å². The summed E-state index contributed by atoms with van der Waals surface area (Å²) in [6.45, 7) is 19.6. The molecule has 0 aliphatic heterocycles. The molecule has 0 aliphatic rings. The van der Waals surface area contributed by atoms with Gasteiger partial charge < -0.3 is 0 Å². The Kier molecular flexibility index (Phi) is 29.9. The first-order valence-corrected chi connectivity index (χ1v) is 15.0. The summed E-state index contributed by atoms with van der Waals surface area (Å²) in [5.74, 6) is 0. The van der Waals surface area contributed by atoms with Gasteiger partial charge in [0.1, 0.15) is 0 Å². The molecule has 25 heavy (non-hydrogen) atoms. The molecule has 0 aliphatic carbocycles. The Morgan fingerprint density at radius 2 is 1.24 bits per heavy atom. The van der Waals surface area contributed by atoms with Crippen molar-refractivity contribution in [2.45, 2.75) is 48.5 Å². The van der Waals surface area contributed by atoms with Crippen molar-refractivity contribution in [2.24, 2.45) is 0 Å². The van der Waals surface area contributed by atoms with E-state index < -0.39 is 0 Å². The van der Waals surface area contributed by atoms with Gasteiger partial charge in [-0.2, -0.15) is 0 Å². The molecule has 0 heterocycles. The van der Waals surface area contributed by atoms with Crippen molar-refractivity contribution >= 4 is 31.6 Å². The van der Waals surface area contributed by atoms with Gasteiger partial charge in [-0.3, -0.25) is 0 Å². The molecule has 0 N–H and O–H groups in total. The Balaban J connectivity index is -0.000000280. The van der Waals surface area contributed by atoms with E-state index in [-0.39, 0.29) is 15.8 Å². The van der Waals surface area contributed by atoms with E-state index in [9.17, 15) is 0 Å². The summed E-state index contributed by atoms with van der Waals surface area (Å²) < 4.78 is 0. The zero-order valence-corrected chi connectivity index (χ0v) is 21.2. The van der Waals surface area contributed by atoms with Gasteiger partial charge in [0.2, 0.25) is 0 Å². The van der Waals surface area contributed by atoms with Crippen LogP contribution in [0.15, 0.2) is 30.8 Å². The Hall–Kier alpha value is 0.604. The predicted octanol–water partition coefficient (Wildman–Crippen LogP) is 7.73. The summed E-state index contributed by atoms with van der Waals surface area (Å²) >= 11 is 3.35. The van der Waals surface area contributed by atoms with Gasteiger partial charge in [-0.1, -0.05) is 6.92 Å². The molecule has 0 saturated carbocycles. The number of allylic oxidation sites excluding steroid dienone is 1. The fraction of sp³-hybridized carbons (Fsp3) is 0.619. The molecule has 0 bridgehead atoms. The van der Waals surface area contributed by atoms with Gasteiger partial charge in [-0.15, -0.1) is 48.0 Å². The van der Waals surface area contributed by atoms with Crippen molar-refractivity contribution in [3.05, 3.63) is 42.5 Å². The molecule has 0 radical (unpaired) electrons. The Morgan fingerprint density at radius 1 is 0.880 bits per heavy atom. The third-order valence-corrected chi connectivity index (χ3v) is 10.2. The van der Waals surface area contributed by atoms with Crippen molar-refractivity contribution in [3.63, 3.8) is 0 Å². The quantitative estimate of drug-likeness (QED) is 0.227. The molecular weight excluding hydrogens is 408 g/mol. The van der Waals surface area contributed by atoms with Crippen LogP contribution in [0.2, 0.25) is 0 Å². The van der Waals surface area contributed by atoms with Gasteiger partial charge >= 0.3 is 24.8 Å². The van der Waals surface area contributed by atoms with Crippen LogP contribution >= 0.6 is 26.0 Å². The number of hydrogen-bond donors (Lipinski definition) is 0. The van der Waals surface area contributed by atoms with Gasteiger partial charge in [0.25, 0.3) is 0 Å². The first-order chi connectivity index (χ1) is 12.0. The number of rotatable bonds is 7. The van der Waals surface area contributed by atoms with E-state index >= 15 is 0 Å². The SMILES string of the molecule is C=C(C)c1[c-]cccc1.CC[PH+](CC)CC.CC[PH+](CC)CC.[Cl][Ni]. The molecule has 1 aromatic carbocycles. The average Bonchev–Trinajstić information content (AvgIpc) is 2.68. The average molecular weight is 450 g/mol. The zero-order chi connectivity index (χ0) is 20.1. The van der Waals surface area contributed by atoms with E-state index in [4.69, 9.17) is 0 Å². The summed E-state index contributed by atoms with van der Waals surface area (Å²) in [4.78, 5) is 0. The van der Waals surface area contributed by atoms with Crippen LogP contribution in [-0.2, 0) is 14.6 Å². The number of halogens is 1. The van der Waals surface area contributed by atoms with Crippen LogP contribution in [0, 0.1) is 6.07 Å². The van der Waals surface area contributed by atoms with Crippen LogP contribution in [0.3, 0.4) is 0 Å². The molecule has 0 fully saturated rings. The standard InChI is InChI=1S/C9H9.2C6H15P.ClH.Ni/c1-8(2)9-6-4-3-5-7-9;2*1-4-7(5-2)6-3;;/h3-6H,1H2,2H3;2*4-6H2,1-3H3;1H;/q-1;;;;+1/p+1. The van der Waals surface area contributed by atoms with Crippen LogP contribution < -0.4 is 0 Å². The number of hydrogen-bond acceptors (Lipinski definition) is 0. The van der Waals surface area contributed by atoms with Crippen LogP contribution in [0.4, 0.5) is 0 Å². The molecule has 0 saturated heterocycles. The van der Waals surface area contributed by atoms with Gasteiger partial charge in [0.15, 0.2) is 0 Å². The zero-order valence-electron chi connectivity index (χ0n) is 17.5. The van der Waals surface area contributed by atoms with Gasteiger partial charge in [-0.05, 0) is 57.4 Å². The Bertz CT molecular complexity index is 340. The second-order valence-corrected chi connectivity index (χ2v) is 12.9. The van der Waals surface area contributed by atoms with Crippen molar-refractivity contribution in [2.75, 3.05) is 37.0 Å². The third kappa shape index (κ3) is 20.8. The molecule has 0 atom stereocenters. The molecule has 0 unspecified atom stereocenters. The first kappa shape index (κ1) is 30.3. The van der Waals surface area contributed by atoms with Crippen LogP contribution in [0.5, 0.6) is 0 Å². The van der Waals surface area contributed by atoms with E-state index in [1.165, 1.54) is 37.0 Å². The maximum atomic E-state index is 4.26. The van der Waals surface area contributed by atoms with E-state index in [0.29, 0.717) is 0 Å². The molecule has 1 aromatic rings. The van der Waals surface area contributed by atoms with E-state index in [1.54, 1.807) is 0 Å². The molecule has 0 amide bonds. The second-order valence-electron chi connectivity index (χ2n) is 5.68. The fourth-order valence-corrected chi connectivity index (χ4v) is 5.16. The summed E-state index contributed by atoms with van der Waals surface area (Å²) in [5.41, 5.74) is 2.16. The van der Waals surface area contributed by atoms with Crippen LogP contribution in [0.25, 0.3) is 5.57 Å². The van der Waals surface area contributed by atoms with E-state index in [2.05, 4.69) is 79.0 Å². The fourth-order valence-electron chi connectivity index (χ4n) is 2.16. The summed E-state index contributed by atoms with van der Waals surface area (Å²) in [5, 5.41) is 0. The summed E-state index contributed by atoms with van der Waals surface area (Å²) in [7, 11) is 4.54. The van der Waals surface area contributed by atoms with Gasteiger partial charge in [0.05, 0.1) is 37.0 Å². The van der Waals surface area contributed by atoms with Gasteiger partial charge in [0, 0.05) is 0 Å².